The van der Waals surface area contributed by atoms with Gasteiger partial charge in [-0.2, -0.15) is 18.3 Å². The van der Waals surface area contributed by atoms with Crippen LogP contribution in [0.25, 0.3) is 5.69 Å². The fraction of sp³-hybridized carbons (Fsp3) is 0.250. The standard InChI is InChI=1S/C32H29ClF3N5O3/c1-3-40-30-25(18-38-41(30)23-13-5-4-6-14-23)26(24-15-8-7-10-21(24)17-37-28(42)19(2)33)27(31(40)44)39-29(43)20-11-9-12-22(16-20)32(34,35)36/h4-16,18-19,26-27H,3,17H2,1-2H3,(H,37,42)(H,39,43)/t19?,26-,27+/m1/s1. The summed E-state index contributed by atoms with van der Waals surface area (Å²) in [5.74, 6) is -1.97. The van der Waals surface area contributed by atoms with E-state index in [-0.39, 0.29) is 24.6 Å². The van der Waals surface area contributed by atoms with Crippen LogP contribution in [0.3, 0.4) is 0 Å². The van der Waals surface area contributed by atoms with Gasteiger partial charge in [0.05, 0.1) is 17.4 Å². The lowest BCUT2D eigenvalue weighted by Crippen LogP contribution is -2.55. The van der Waals surface area contributed by atoms with Gasteiger partial charge in [0.2, 0.25) is 5.91 Å². The molecule has 5 rings (SSSR count). The van der Waals surface area contributed by atoms with Gasteiger partial charge >= 0.3 is 6.18 Å². The minimum atomic E-state index is -4.65. The lowest BCUT2D eigenvalue weighted by Gasteiger charge is -2.38. The molecule has 0 bridgehead atoms. The Morgan fingerprint density at radius 2 is 1.70 bits per heavy atom. The summed E-state index contributed by atoms with van der Waals surface area (Å²) in [6.45, 7) is 3.65. The molecular formula is C32H29ClF3N5O3. The van der Waals surface area contributed by atoms with E-state index < -0.39 is 40.9 Å². The molecule has 44 heavy (non-hydrogen) atoms. The Morgan fingerprint density at radius 1 is 1.00 bits per heavy atom. The smallest absolute Gasteiger partial charge is 0.351 e. The zero-order valence-electron chi connectivity index (χ0n) is 23.8. The van der Waals surface area contributed by atoms with Crippen molar-refractivity contribution in [2.45, 2.75) is 43.9 Å². The first kappa shape index (κ1) is 30.8. The zero-order chi connectivity index (χ0) is 31.6. The van der Waals surface area contributed by atoms with Crippen LogP contribution in [-0.4, -0.2) is 45.5 Å². The van der Waals surface area contributed by atoms with Crippen LogP contribution in [0.2, 0.25) is 0 Å². The highest BCUT2D eigenvalue weighted by molar-refractivity contribution is 6.30. The van der Waals surface area contributed by atoms with Crippen LogP contribution in [0.4, 0.5) is 19.0 Å². The van der Waals surface area contributed by atoms with Gasteiger partial charge in [0.15, 0.2) is 0 Å². The van der Waals surface area contributed by atoms with E-state index in [1.807, 2.05) is 30.3 Å². The topological polar surface area (TPSA) is 96.3 Å². The molecule has 0 aliphatic carbocycles. The summed E-state index contributed by atoms with van der Waals surface area (Å²) in [6, 6.07) is 19.2. The average molecular weight is 624 g/mol. The van der Waals surface area contributed by atoms with Crippen LogP contribution in [0.15, 0.2) is 85.1 Å². The van der Waals surface area contributed by atoms with Gasteiger partial charge in [-0.1, -0.05) is 48.5 Å². The summed E-state index contributed by atoms with van der Waals surface area (Å²) < 4.78 is 41.9. The van der Waals surface area contributed by atoms with Crippen molar-refractivity contribution < 1.29 is 27.6 Å². The molecule has 0 saturated heterocycles. The average Bonchev–Trinajstić information content (AvgIpc) is 3.45. The summed E-state index contributed by atoms with van der Waals surface area (Å²) in [7, 11) is 0. The first-order chi connectivity index (χ1) is 21.0. The third-order valence-electron chi connectivity index (χ3n) is 7.49. The zero-order valence-corrected chi connectivity index (χ0v) is 24.6. The SMILES string of the molecule is CCN1C(=O)[C@@H](NC(=O)c2cccc(C(F)(F)F)c2)[C@H](c2ccccc2CNC(=O)C(C)Cl)c2cnn(-c3ccccc3)c21. The number of likely N-dealkylation sites (N-methyl/N-ethyl adjacent to an activating group) is 1. The quantitative estimate of drug-likeness (QED) is 0.256. The van der Waals surface area contributed by atoms with Crippen molar-refractivity contribution in [1.82, 2.24) is 20.4 Å². The van der Waals surface area contributed by atoms with E-state index >= 15 is 0 Å². The van der Waals surface area contributed by atoms with Gasteiger partial charge in [-0.3, -0.25) is 19.3 Å². The number of benzene rings is 3. The first-order valence-corrected chi connectivity index (χ1v) is 14.4. The van der Waals surface area contributed by atoms with Crippen LogP contribution in [-0.2, 0) is 22.3 Å². The number of carbonyl (C=O) groups excluding carboxylic acids is 3. The summed E-state index contributed by atoms with van der Waals surface area (Å²) in [4.78, 5) is 41.5. The molecule has 3 amide bonds. The molecule has 4 aromatic rings. The Hall–Kier alpha value is -4.64. The van der Waals surface area contributed by atoms with E-state index in [4.69, 9.17) is 11.6 Å². The number of anilines is 1. The number of aromatic nitrogens is 2. The molecule has 1 unspecified atom stereocenters. The molecule has 1 aromatic heterocycles. The number of halogens is 4. The van der Waals surface area contributed by atoms with Crippen molar-refractivity contribution >= 4 is 35.1 Å². The van der Waals surface area contributed by atoms with E-state index in [0.29, 0.717) is 28.2 Å². The number of amides is 3. The summed E-state index contributed by atoms with van der Waals surface area (Å²) in [5.41, 5.74) is 1.40. The fourth-order valence-corrected chi connectivity index (χ4v) is 5.45. The molecule has 1 aliphatic rings. The second-order valence-corrected chi connectivity index (χ2v) is 10.9. The van der Waals surface area contributed by atoms with Crippen molar-refractivity contribution in [3.8, 4) is 5.69 Å². The Morgan fingerprint density at radius 3 is 2.39 bits per heavy atom. The number of hydrogen-bond donors (Lipinski definition) is 2. The first-order valence-electron chi connectivity index (χ1n) is 13.9. The minimum Gasteiger partial charge on any atom is -0.351 e. The summed E-state index contributed by atoms with van der Waals surface area (Å²) >= 11 is 5.95. The van der Waals surface area contributed by atoms with Crippen molar-refractivity contribution in [3.05, 3.63) is 113 Å². The maximum Gasteiger partial charge on any atom is 0.416 e. The fourth-order valence-electron chi connectivity index (χ4n) is 5.38. The third-order valence-corrected chi connectivity index (χ3v) is 7.69. The maximum absolute atomic E-state index is 14.2. The predicted molar refractivity (Wildman–Crippen MR) is 160 cm³/mol. The van der Waals surface area contributed by atoms with Crippen LogP contribution >= 0.6 is 11.6 Å². The summed E-state index contributed by atoms with van der Waals surface area (Å²) in [5, 5.41) is 9.36. The lowest BCUT2D eigenvalue weighted by atomic mass is 9.80. The van der Waals surface area contributed by atoms with Gasteiger partial charge in [0.1, 0.15) is 17.2 Å². The van der Waals surface area contributed by atoms with E-state index in [1.165, 1.54) is 11.0 Å². The van der Waals surface area contributed by atoms with Gasteiger partial charge < -0.3 is 10.6 Å². The van der Waals surface area contributed by atoms with Crippen molar-refractivity contribution in [2.75, 3.05) is 11.4 Å². The molecule has 1 aliphatic heterocycles. The number of nitrogens with zero attached hydrogens (tertiary/aromatic N) is 3. The molecule has 3 aromatic carbocycles. The molecular weight excluding hydrogens is 595 g/mol. The maximum atomic E-state index is 14.2. The van der Waals surface area contributed by atoms with Crippen LogP contribution in [0, 0.1) is 0 Å². The Kier molecular flexibility index (Phi) is 8.78. The second-order valence-electron chi connectivity index (χ2n) is 10.3. The highest BCUT2D eigenvalue weighted by Crippen LogP contribution is 2.42. The number of rotatable bonds is 8. The molecule has 2 heterocycles. The molecule has 0 saturated carbocycles. The van der Waals surface area contributed by atoms with E-state index in [2.05, 4.69) is 15.7 Å². The molecule has 8 nitrogen and oxygen atoms in total. The number of carbonyl (C=O) groups is 3. The van der Waals surface area contributed by atoms with Crippen LogP contribution in [0.5, 0.6) is 0 Å². The lowest BCUT2D eigenvalue weighted by molar-refractivity contribution is -0.137. The third kappa shape index (κ3) is 6.05. The molecule has 2 N–H and O–H groups in total. The Labute approximate surface area is 256 Å². The van der Waals surface area contributed by atoms with Crippen LogP contribution < -0.4 is 15.5 Å². The minimum absolute atomic E-state index is 0.0880. The van der Waals surface area contributed by atoms with Crippen molar-refractivity contribution in [1.29, 1.82) is 0 Å². The monoisotopic (exact) mass is 623 g/mol. The van der Waals surface area contributed by atoms with Gasteiger partial charge in [-0.15, -0.1) is 11.6 Å². The predicted octanol–water partition coefficient (Wildman–Crippen LogP) is 5.43. The highest BCUT2D eigenvalue weighted by Gasteiger charge is 2.45. The van der Waals surface area contributed by atoms with Gasteiger partial charge in [0.25, 0.3) is 11.8 Å². The van der Waals surface area contributed by atoms with Gasteiger partial charge in [-0.25, -0.2) is 4.68 Å². The number of para-hydroxylation sites is 1. The largest absolute Gasteiger partial charge is 0.416 e. The molecule has 0 spiro atoms. The van der Waals surface area contributed by atoms with E-state index in [0.717, 1.165) is 18.2 Å². The van der Waals surface area contributed by atoms with E-state index in [9.17, 15) is 27.6 Å². The molecule has 228 valence electrons. The van der Waals surface area contributed by atoms with Gasteiger partial charge in [0, 0.05) is 30.1 Å². The molecule has 12 heteroatoms. The normalized spacial score (nSPS) is 17.1. The summed E-state index contributed by atoms with van der Waals surface area (Å²) in [6.07, 6.45) is -3.02. The van der Waals surface area contributed by atoms with Crippen molar-refractivity contribution in [2.24, 2.45) is 0 Å². The molecule has 0 radical (unpaired) electrons. The van der Waals surface area contributed by atoms with E-state index in [1.54, 1.807) is 49.0 Å². The molecule has 3 atom stereocenters. The number of alkyl halides is 4. The highest BCUT2D eigenvalue weighted by atomic mass is 35.5. The van der Waals surface area contributed by atoms with Crippen molar-refractivity contribution in [3.63, 3.8) is 0 Å². The van der Waals surface area contributed by atoms with Crippen LogP contribution in [0.1, 0.15) is 52.4 Å². The second kappa shape index (κ2) is 12.5. The number of hydrogen-bond acceptors (Lipinski definition) is 4. The Bertz CT molecular complexity index is 1690. The Balaban J connectivity index is 1.63. The van der Waals surface area contributed by atoms with Gasteiger partial charge in [-0.05, 0) is 55.3 Å². The number of nitrogens with one attached hydrogen (secondary N) is 2. The number of fused-ring (bicyclic) bond motifs is 1. The molecule has 0 fully saturated rings.